The fraction of sp³-hybridized carbons (Fsp3) is 0.0690. The summed E-state index contributed by atoms with van der Waals surface area (Å²) in [5, 5.41) is 24.3. The molecule has 4 aromatic carbocycles. The predicted octanol–water partition coefficient (Wildman–Crippen LogP) is 6.15. The van der Waals surface area contributed by atoms with Crippen molar-refractivity contribution in [2.75, 3.05) is 10.3 Å². The van der Waals surface area contributed by atoms with Gasteiger partial charge >= 0.3 is 5.97 Å². The number of nitrogens with zero attached hydrogens (tertiary/aromatic N) is 2. The summed E-state index contributed by atoms with van der Waals surface area (Å²) in [6.45, 7) is 3.77. The van der Waals surface area contributed by atoms with Crippen LogP contribution in [-0.2, 0) is 4.79 Å². The molecule has 1 aliphatic rings. The molecule has 0 atom stereocenters. The molecule has 3 N–H and O–H groups in total. The van der Waals surface area contributed by atoms with Crippen molar-refractivity contribution in [2.45, 2.75) is 13.8 Å². The molecule has 0 bridgehead atoms. The lowest BCUT2D eigenvalue weighted by Gasteiger charge is -2.18. The number of nitrogens with one attached hydrogen (secondary N) is 1. The molecule has 190 valence electrons. The first-order valence-electron chi connectivity index (χ1n) is 11.6. The van der Waals surface area contributed by atoms with Crippen LogP contribution in [0.5, 0.6) is 5.75 Å². The highest BCUT2D eigenvalue weighted by Gasteiger charge is 2.38. The predicted molar refractivity (Wildman–Crippen MR) is 140 cm³/mol. The number of para-hydroxylation sites is 1. The van der Waals surface area contributed by atoms with Crippen LogP contribution in [0.2, 0.25) is 0 Å². The molecular formula is C29H21F2N3O4. The van der Waals surface area contributed by atoms with E-state index in [2.05, 4.69) is 10.5 Å². The number of anilines is 3. The second-order valence-electron chi connectivity index (χ2n) is 8.85. The summed E-state index contributed by atoms with van der Waals surface area (Å²) in [5.74, 6) is -3.82. The van der Waals surface area contributed by atoms with Crippen LogP contribution in [-0.4, -0.2) is 27.8 Å². The highest BCUT2D eigenvalue weighted by Crippen LogP contribution is 2.40. The maximum atomic E-state index is 15.0. The number of hydrazone groups is 1. The van der Waals surface area contributed by atoms with Crippen molar-refractivity contribution in [3.63, 3.8) is 0 Å². The van der Waals surface area contributed by atoms with Gasteiger partial charge in [-0.05, 0) is 66.9 Å². The molecule has 38 heavy (non-hydrogen) atoms. The number of carbonyl (C=O) groups excluding carboxylic acids is 1. The van der Waals surface area contributed by atoms with E-state index < -0.39 is 23.5 Å². The summed E-state index contributed by atoms with van der Waals surface area (Å²) >= 11 is 0. The molecule has 0 saturated heterocycles. The second kappa shape index (κ2) is 9.44. The monoisotopic (exact) mass is 513 g/mol. The molecule has 0 aliphatic carbocycles. The van der Waals surface area contributed by atoms with E-state index in [1.165, 1.54) is 18.2 Å². The maximum Gasteiger partial charge on any atom is 0.335 e. The third-order valence-electron chi connectivity index (χ3n) is 6.41. The molecule has 9 heteroatoms. The summed E-state index contributed by atoms with van der Waals surface area (Å²) < 4.78 is 29.2. The van der Waals surface area contributed by atoms with Crippen LogP contribution >= 0.6 is 0 Å². The number of aromatic carboxylic acids is 1. The molecule has 0 radical (unpaired) electrons. The SMILES string of the molecule is Cc1ccc(N2C(=O)C(=NNc3cccc(-c4cccc(C(=O)O)c4)c3O)c3cc(F)cc(F)c32)cc1C. The molecule has 1 aliphatic heterocycles. The van der Waals surface area contributed by atoms with Gasteiger partial charge in [0.25, 0.3) is 5.91 Å². The van der Waals surface area contributed by atoms with Gasteiger partial charge in [0, 0.05) is 22.9 Å². The van der Waals surface area contributed by atoms with Crippen LogP contribution < -0.4 is 10.3 Å². The van der Waals surface area contributed by atoms with Crippen molar-refractivity contribution < 1.29 is 28.6 Å². The molecule has 4 aromatic rings. The topological polar surface area (TPSA) is 102 Å². The van der Waals surface area contributed by atoms with Gasteiger partial charge in [0.15, 0.2) is 11.5 Å². The van der Waals surface area contributed by atoms with E-state index in [1.54, 1.807) is 42.5 Å². The Kier molecular flexibility index (Phi) is 6.12. The van der Waals surface area contributed by atoms with E-state index in [4.69, 9.17) is 0 Å². The number of fused-ring (bicyclic) bond motifs is 1. The third kappa shape index (κ3) is 4.24. The number of carboxylic acid groups (broad SMARTS) is 1. The summed E-state index contributed by atoms with van der Waals surface area (Å²) in [5.41, 5.74) is 5.43. The standard InChI is InChI=1S/C29H21F2N3O4/c1-15-9-10-20(11-16(15)2)34-26-22(13-19(30)14-23(26)31)25(28(34)36)33-32-24-8-4-7-21(27(24)35)17-5-3-6-18(12-17)29(37)38/h3-14,32,35H,1-2H3,(H,37,38). The molecule has 0 aromatic heterocycles. The highest BCUT2D eigenvalue weighted by atomic mass is 19.1. The van der Waals surface area contributed by atoms with Crippen LogP contribution in [0, 0.1) is 25.5 Å². The van der Waals surface area contributed by atoms with Gasteiger partial charge in [0.05, 0.1) is 16.9 Å². The molecule has 0 spiro atoms. The normalized spacial score (nSPS) is 13.6. The van der Waals surface area contributed by atoms with Crippen LogP contribution in [0.15, 0.2) is 77.9 Å². The molecule has 7 nitrogen and oxygen atoms in total. The Balaban J connectivity index is 1.56. The lowest BCUT2D eigenvalue weighted by molar-refractivity contribution is -0.111. The minimum absolute atomic E-state index is 0.0389. The Hall–Kier alpha value is -5.05. The number of carbonyl (C=O) groups is 2. The minimum atomic E-state index is -1.11. The lowest BCUT2D eigenvalue weighted by Crippen LogP contribution is -2.26. The number of hydrogen-bond acceptors (Lipinski definition) is 5. The smallest absolute Gasteiger partial charge is 0.335 e. The lowest BCUT2D eigenvalue weighted by atomic mass is 10.0. The number of phenolic OH excluding ortho intramolecular Hbond substituents is 1. The van der Waals surface area contributed by atoms with E-state index in [-0.39, 0.29) is 34.0 Å². The van der Waals surface area contributed by atoms with Gasteiger partial charge in [-0.1, -0.05) is 30.3 Å². The van der Waals surface area contributed by atoms with Crippen LogP contribution in [0.4, 0.5) is 25.8 Å². The number of benzene rings is 4. The first-order chi connectivity index (χ1) is 18.2. The first kappa shape index (κ1) is 24.6. The Bertz CT molecular complexity index is 1670. The average molecular weight is 514 g/mol. The summed E-state index contributed by atoms with van der Waals surface area (Å²) in [6, 6.07) is 17.7. The van der Waals surface area contributed by atoms with Crippen molar-refractivity contribution in [1.82, 2.24) is 0 Å². The van der Waals surface area contributed by atoms with E-state index in [1.807, 2.05) is 13.8 Å². The van der Waals surface area contributed by atoms with Crippen molar-refractivity contribution in [1.29, 1.82) is 0 Å². The van der Waals surface area contributed by atoms with Gasteiger partial charge in [-0.3, -0.25) is 15.1 Å². The Morgan fingerprint density at radius 3 is 2.42 bits per heavy atom. The number of carboxylic acids is 1. The highest BCUT2D eigenvalue weighted by molar-refractivity contribution is 6.55. The number of halogens is 2. The van der Waals surface area contributed by atoms with E-state index in [0.717, 1.165) is 22.1 Å². The summed E-state index contributed by atoms with van der Waals surface area (Å²) in [7, 11) is 0. The van der Waals surface area contributed by atoms with Crippen LogP contribution in [0.1, 0.15) is 27.0 Å². The molecule has 5 rings (SSSR count). The van der Waals surface area contributed by atoms with Gasteiger partial charge in [-0.25, -0.2) is 13.6 Å². The van der Waals surface area contributed by atoms with Gasteiger partial charge < -0.3 is 10.2 Å². The van der Waals surface area contributed by atoms with Gasteiger partial charge in [0.1, 0.15) is 11.6 Å². The Labute approximate surface area is 216 Å². The van der Waals surface area contributed by atoms with E-state index >= 15 is 0 Å². The zero-order chi connectivity index (χ0) is 27.1. The second-order valence-corrected chi connectivity index (χ2v) is 8.85. The summed E-state index contributed by atoms with van der Waals surface area (Å²) in [4.78, 5) is 26.0. The van der Waals surface area contributed by atoms with Gasteiger partial charge in [-0.15, -0.1) is 0 Å². The Morgan fingerprint density at radius 1 is 0.921 bits per heavy atom. The number of amides is 1. The average Bonchev–Trinajstić information content (AvgIpc) is 3.16. The largest absolute Gasteiger partial charge is 0.505 e. The first-order valence-corrected chi connectivity index (χ1v) is 11.6. The number of aromatic hydroxyl groups is 1. The zero-order valence-corrected chi connectivity index (χ0v) is 20.3. The van der Waals surface area contributed by atoms with Gasteiger partial charge in [0.2, 0.25) is 0 Å². The fourth-order valence-corrected chi connectivity index (χ4v) is 4.32. The number of aryl methyl sites for hydroxylation is 2. The van der Waals surface area contributed by atoms with Crippen LogP contribution in [0.25, 0.3) is 11.1 Å². The quantitative estimate of drug-likeness (QED) is 0.220. The van der Waals surface area contributed by atoms with Crippen molar-refractivity contribution >= 4 is 34.7 Å². The molecule has 0 fully saturated rings. The number of phenols is 1. The molecular weight excluding hydrogens is 492 g/mol. The zero-order valence-electron chi connectivity index (χ0n) is 20.3. The number of rotatable bonds is 5. The van der Waals surface area contributed by atoms with Crippen molar-refractivity contribution in [3.05, 3.63) is 107 Å². The molecule has 1 amide bonds. The molecule has 1 heterocycles. The van der Waals surface area contributed by atoms with Crippen molar-refractivity contribution in [2.24, 2.45) is 5.10 Å². The molecule has 0 saturated carbocycles. The molecule has 0 unspecified atom stereocenters. The Morgan fingerprint density at radius 2 is 1.68 bits per heavy atom. The fourth-order valence-electron chi connectivity index (χ4n) is 4.32. The summed E-state index contributed by atoms with van der Waals surface area (Å²) in [6.07, 6.45) is 0. The van der Waals surface area contributed by atoms with E-state index in [0.29, 0.717) is 22.9 Å². The van der Waals surface area contributed by atoms with Crippen molar-refractivity contribution in [3.8, 4) is 16.9 Å². The van der Waals surface area contributed by atoms with Crippen LogP contribution in [0.3, 0.4) is 0 Å². The maximum absolute atomic E-state index is 15.0. The van der Waals surface area contributed by atoms with Gasteiger partial charge in [-0.2, -0.15) is 5.10 Å². The number of hydrogen-bond donors (Lipinski definition) is 3. The third-order valence-corrected chi connectivity index (χ3v) is 6.41. The van der Waals surface area contributed by atoms with E-state index in [9.17, 15) is 28.6 Å². The minimum Gasteiger partial charge on any atom is -0.505 e.